The fourth-order valence-corrected chi connectivity index (χ4v) is 3.17. The van der Waals surface area contributed by atoms with E-state index in [0.717, 1.165) is 28.0 Å². The quantitative estimate of drug-likeness (QED) is 0.614. The summed E-state index contributed by atoms with van der Waals surface area (Å²) in [6, 6.07) is 6.20. The van der Waals surface area contributed by atoms with Crippen molar-refractivity contribution in [2.75, 3.05) is 7.11 Å². The number of benzene rings is 1. The predicted octanol–water partition coefficient (Wildman–Crippen LogP) is 4.39. The van der Waals surface area contributed by atoms with Crippen molar-refractivity contribution in [3.63, 3.8) is 0 Å². The molecule has 23 heavy (non-hydrogen) atoms. The largest absolute Gasteiger partial charge is 0.496 e. The van der Waals surface area contributed by atoms with Gasteiger partial charge in [0.1, 0.15) is 11.8 Å². The zero-order valence-electron chi connectivity index (χ0n) is 14.8. The van der Waals surface area contributed by atoms with E-state index in [0.29, 0.717) is 6.42 Å². The first-order valence-corrected chi connectivity index (χ1v) is 7.76. The Morgan fingerprint density at radius 2 is 2.00 bits per heavy atom. The van der Waals surface area contributed by atoms with E-state index in [2.05, 4.69) is 26.8 Å². The van der Waals surface area contributed by atoms with Crippen molar-refractivity contribution in [3.05, 3.63) is 41.3 Å². The maximum Gasteiger partial charge on any atom is 0.179 e. The molecular weight excluding hydrogens is 286 g/mol. The summed E-state index contributed by atoms with van der Waals surface area (Å²) in [4.78, 5) is 12.6. The number of ketones is 1. The van der Waals surface area contributed by atoms with Crippen LogP contribution in [0.15, 0.2) is 17.7 Å². The number of allylic oxidation sites excluding steroid dienone is 2. The number of ether oxygens (including phenoxy) is 1. The van der Waals surface area contributed by atoms with Gasteiger partial charge in [-0.15, -0.1) is 0 Å². The first-order valence-electron chi connectivity index (χ1n) is 7.76. The maximum atomic E-state index is 12.6. The van der Waals surface area contributed by atoms with Crippen molar-refractivity contribution in [2.45, 2.75) is 46.5 Å². The fourth-order valence-electron chi connectivity index (χ4n) is 3.17. The van der Waals surface area contributed by atoms with Crippen LogP contribution in [0.25, 0.3) is 5.57 Å². The second-order valence-corrected chi connectivity index (χ2v) is 7.61. The first kappa shape index (κ1) is 17.3. The number of rotatable bonds is 3. The first-order chi connectivity index (χ1) is 10.5. The second-order valence-electron chi connectivity index (χ2n) is 7.61. The highest BCUT2D eigenvalue weighted by Crippen LogP contribution is 2.49. The monoisotopic (exact) mass is 310 g/mol. The predicted molar refractivity (Wildman–Crippen MR) is 92.1 cm³/mol. The summed E-state index contributed by atoms with van der Waals surface area (Å²) < 4.78 is 5.43. The maximum absolute atomic E-state index is 12.6. The van der Waals surface area contributed by atoms with Crippen LogP contribution in [0.1, 0.15) is 50.8 Å². The van der Waals surface area contributed by atoms with Crippen LogP contribution in [0.4, 0.5) is 0 Å². The topological polar surface area (TPSA) is 50.1 Å². The number of nitriles is 1. The SMILES string of the molecule is [CH2]C(C)(C)C(=O)C(C#N)=C1CC(C)(C)c2cc(OC)c(C)cc21. The third-order valence-electron chi connectivity index (χ3n) is 4.46. The lowest BCUT2D eigenvalue weighted by Crippen LogP contribution is -2.22. The summed E-state index contributed by atoms with van der Waals surface area (Å²) in [6.07, 6.45) is 0.666. The van der Waals surface area contributed by atoms with Crippen LogP contribution >= 0.6 is 0 Å². The lowest BCUT2D eigenvalue weighted by molar-refractivity contribution is -0.120. The number of methoxy groups -OCH3 is 1. The van der Waals surface area contributed by atoms with E-state index >= 15 is 0 Å². The van der Waals surface area contributed by atoms with Gasteiger partial charge in [-0.1, -0.05) is 27.7 Å². The molecule has 1 aliphatic carbocycles. The van der Waals surface area contributed by atoms with Gasteiger partial charge in [0.05, 0.1) is 12.7 Å². The van der Waals surface area contributed by atoms with Gasteiger partial charge in [-0.05, 0) is 60.1 Å². The van der Waals surface area contributed by atoms with Crippen LogP contribution in [0, 0.1) is 30.6 Å². The summed E-state index contributed by atoms with van der Waals surface area (Å²) in [7, 11) is 1.66. The van der Waals surface area contributed by atoms with Gasteiger partial charge in [-0.3, -0.25) is 4.79 Å². The third kappa shape index (κ3) is 2.91. The highest BCUT2D eigenvalue weighted by atomic mass is 16.5. The average molecular weight is 310 g/mol. The standard InChI is InChI=1S/C20H24NO2/c1-12-8-13-14(15(11-21)18(22)19(2,3)4)10-20(5,6)16(13)9-17(12)23-7/h8-9H,2,10H2,1,3-7H3. The molecule has 0 saturated heterocycles. The van der Waals surface area contributed by atoms with Crippen molar-refractivity contribution in [1.29, 1.82) is 5.26 Å². The Morgan fingerprint density at radius 3 is 2.48 bits per heavy atom. The number of carbonyl (C=O) groups excluding carboxylic acids is 1. The lowest BCUT2D eigenvalue weighted by atomic mass is 9.83. The minimum atomic E-state index is -0.813. The second kappa shape index (κ2) is 5.53. The van der Waals surface area contributed by atoms with E-state index < -0.39 is 5.41 Å². The Kier molecular flexibility index (Phi) is 4.15. The molecule has 0 heterocycles. The molecule has 0 spiro atoms. The van der Waals surface area contributed by atoms with Gasteiger partial charge in [-0.2, -0.15) is 5.26 Å². The number of aryl methyl sites for hydroxylation is 1. The number of Topliss-reactive ketones (excluding diaryl/α,β-unsaturated/α-hetero) is 1. The molecule has 0 amide bonds. The van der Waals surface area contributed by atoms with E-state index in [4.69, 9.17) is 4.74 Å². The minimum Gasteiger partial charge on any atom is -0.496 e. The molecule has 1 radical (unpaired) electrons. The molecule has 2 rings (SSSR count). The molecule has 1 aliphatic rings. The van der Waals surface area contributed by atoms with E-state index in [1.165, 1.54) is 0 Å². The molecule has 0 saturated carbocycles. The molecule has 121 valence electrons. The Morgan fingerprint density at radius 1 is 1.39 bits per heavy atom. The van der Waals surface area contributed by atoms with Crippen molar-refractivity contribution < 1.29 is 9.53 Å². The summed E-state index contributed by atoms with van der Waals surface area (Å²) in [5.41, 5.74) is 3.23. The summed E-state index contributed by atoms with van der Waals surface area (Å²) in [5, 5.41) is 9.60. The molecule has 0 fully saturated rings. The van der Waals surface area contributed by atoms with E-state index in [9.17, 15) is 10.1 Å². The van der Waals surface area contributed by atoms with Gasteiger partial charge in [0.15, 0.2) is 5.78 Å². The number of nitrogens with zero attached hydrogens (tertiary/aromatic N) is 1. The van der Waals surface area contributed by atoms with Crippen molar-refractivity contribution in [1.82, 2.24) is 0 Å². The number of hydrogen-bond acceptors (Lipinski definition) is 3. The average Bonchev–Trinajstić information content (AvgIpc) is 2.69. The number of fused-ring (bicyclic) bond motifs is 1. The van der Waals surface area contributed by atoms with Crippen LogP contribution in [-0.2, 0) is 10.2 Å². The van der Waals surface area contributed by atoms with Crippen LogP contribution in [0.3, 0.4) is 0 Å². The smallest absolute Gasteiger partial charge is 0.179 e. The molecule has 0 aromatic heterocycles. The van der Waals surface area contributed by atoms with Crippen molar-refractivity contribution in [2.24, 2.45) is 5.41 Å². The molecular formula is C20H24NO2. The zero-order chi connectivity index (χ0) is 17.6. The molecule has 0 unspecified atom stereocenters. The van der Waals surface area contributed by atoms with Gasteiger partial charge in [0, 0.05) is 5.41 Å². The minimum absolute atomic E-state index is 0.140. The molecule has 1 aromatic rings. The fraction of sp³-hybridized carbons (Fsp3) is 0.450. The molecule has 3 nitrogen and oxygen atoms in total. The molecule has 0 bridgehead atoms. The number of carbonyl (C=O) groups is 1. The molecule has 0 atom stereocenters. The van der Waals surface area contributed by atoms with E-state index in [-0.39, 0.29) is 16.8 Å². The molecule has 0 aliphatic heterocycles. The normalized spacial score (nSPS) is 18.2. The Labute approximate surface area is 139 Å². The highest BCUT2D eigenvalue weighted by molar-refractivity contribution is 6.10. The summed E-state index contributed by atoms with van der Waals surface area (Å²) >= 11 is 0. The lowest BCUT2D eigenvalue weighted by Gasteiger charge is -2.19. The van der Waals surface area contributed by atoms with Crippen LogP contribution in [0.2, 0.25) is 0 Å². The number of hydrogen-bond donors (Lipinski definition) is 0. The van der Waals surface area contributed by atoms with Crippen molar-refractivity contribution in [3.8, 4) is 11.8 Å². The Balaban J connectivity index is 2.75. The summed E-state index contributed by atoms with van der Waals surface area (Å²) in [5.74, 6) is 0.632. The van der Waals surface area contributed by atoms with Gasteiger partial charge in [0.25, 0.3) is 0 Å². The van der Waals surface area contributed by atoms with E-state index in [1.807, 2.05) is 19.1 Å². The molecule has 0 N–H and O–H groups in total. The molecule has 3 heteroatoms. The molecule has 1 aromatic carbocycles. The van der Waals surface area contributed by atoms with Crippen molar-refractivity contribution >= 4 is 11.4 Å². The van der Waals surface area contributed by atoms with Gasteiger partial charge in [-0.25, -0.2) is 0 Å². The van der Waals surface area contributed by atoms with Crippen LogP contribution in [0.5, 0.6) is 5.75 Å². The van der Waals surface area contributed by atoms with E-state index in [1.54, 1.807) is 21.0 Å². The van der Waals surface area contributed by atoms with Gasteiger partial charge >= 0.3 is 0 Å². The van der Waals surface area contributed by atoms with Gasteiger partial charge in [0.2, 0.25) is 0 Å². The summed E-state index contributed by atoms with van der Waals surface area (Å²) in [6.45, 7) is 13.6. The zero-order valence-corrected chi connectivity index (χ0v) is 14.8. The van der Waals surface area contributed by atoms with Crippen LogP contribution in [-0.4, -0.2) is 12.9 Å². The Hall–Kier alpha value is -2.08. The highest BCUT2D eigenvalue weighted by Gasteiger charge is 2.38. The third-order valence-corrected chi connectivity index (χ3v) is 4.46. The van der Waals surface area contributed by atoms with Crippen LogP contribution < -0.4 is 4.74 Å². The van der Waals surface area contributed by atoms with Gasteiger partial charge < -0.3 is 4.74 Å². The Bertz CT molecular complexity index is 740.